The molecule has 0 aromatic heterocycles. The smallest absolute Gasteiger partial charge is 0.416 e. The van der Waals surface area contributed by atoms with Gasteiger partial charge < -0.3 is 19.9 Å². The molecule has 0 radical (unpaired) electrons. The van der Waals surface area contributed by atoms with Crippen LogP contribution in [-0.2, 0) is 28.4 Å². The van der Waals surface area contributed by atoms with Crippen molar-refractivity contribution in [2.45, 2.75) is 83.4 Å². The summed E-state index contributed by atoms with van der Waals surface area (Å²) >= 11 is 0. The van der Waals surface area contributed by atoms with Crippen LogP contribution in [0.25, 0.3) is 0 Å². The van der Waals surface area contributed by atoms with Crippen molar-refractivity contribution in [3.63, 3.8) is 0 Å². The van der Waals surface area contributed by atoms with Crippen molar-refractivity contribution in [1.29, 1.82) is 0 Å². The Hall–Kier alpha value is -2.50. The van der Waals surface area contributed by atoms with Gasteiger partial charge in [0.1, 0.15) is 0 Å². The Morgan fingerprint density at radius 2 is 1.59 bits per heavy atom. The number of carbonyl (C=O) groups excluding carboxylic acids is 2. The number of methoxy groups -OCH3 is 1. The molecule has 1 aliphatic carbocycles. The van der Waals surface area contributed by atoms with Gasteiger partial charge in [0.05, 0.1) is 24.2 Å². The molecule has 6 nitrogen and oxygen atoms in total. The van der Waals surface area contributed by atoms with E-state index in [-0.39, 0.29) is 54.1 Å². The van der Waals surface area contributed by atoms with E-state index in [0.29, 0.717) is 32.5 Å². The van der Waals surface area contributed by atoms with Crippen LogP contribution in [0.4, 0.5) is 31.1 Å². The van der Waals surface area contributed by atoms with Crippen LogP contribution in [0.3, 0.4) is 0 Å². The maximum atomic E-state index is 13.5. The number of benzene rings is 1. The van der Waals surface area contributed by atoms with Crippen LogP contribution < -0.4 is 5.32 Å². The van der Waals surface area contributed by atoms with Crippen LogP contribution >= 0.6 is 0 Å². The van der Waals surface area contributed by atoms with Crippen LogP contribution in [0.2, 0.25) is 0 Å². The van der Waals surface area contributed by atoms with Crippen molar-refractivity contribution < 1.29 is 40.7 Å². The molecule has 2 aliphatic rings. The predicted molar refractivity (Wildman–Crippen MR) is 133 cm³/mol. The molecular formula is C27H37F6N3O3. The molecule has 1 N–H and O–H groups in total. The molecule has 12 heteroatoms. The summed E-state index contributed by atoms with van der Waals surface area (Å²) in [4.78, 5) is 28.8. The lowest BCUT2D eigenvalue weighted by Gasteiger charge is -2.35. The first-order chi connectivity index (χ1) is 18.3. The quantitative estimate of drug-likeness (QED) is 0.306. The van der Waals surface area contributed by atoms with E-state index in [9.17, 15) is 35.9 Å². The predicted octanol–water partition coefficient (Wildman–Crippen LogP) is 6.09. The zero-order valence-electron chi connectivity index (χ0n) is 22.5. The monoisotopic (exact) mass is 565 g/mol. The highest BCUT2D eigenvalue weighted by atomic mass is 19.4. The van der Waals surface area contributed by atoms with E-state index < -0.39 is 23.5 Å². The molecule has 0 unspecified atom stereocenters. The van der Waals surface area contributed by atoms with Gasteiger partial charge in [0.2, 0.25) is 0 Å². The molecule has 1 aliphatic heterocycles. The Morgan fingerprint density at radius 3 is 2.08 bits per heavy atom. The average Bonchev–Trinajstić information content (AvgIpc) is 3.32. The van der Waals surface area contributed by atoms with E-state index in [1.165, 1.54) is 7.11 Å². The minimum atomic E-state index is -4.90. The topological polar surface area (TPSA) is 61.9 Å². The molecule has 0 bridgehead atoms. The SMILES string of the molecule is CC[C@@H]1C[C@H](NCc2cc(C(F)(F)F)cc(C(F)(F)F)c2)CN1C(=O)N(CC)CC1CCC(C(=O)OC)CC1. The first kappa shape index (κ1) is 31.0. The third kappa shape index (κ3) is 8.02. The van der Waals surface area contributed by atoms with Gasteiger partial charge in [0, 0.05) is 38.3 Å². The fourth-order valence-electron chi connectivity index (χ4n) is 5.65. The van der Waals surface area contributed by atoms with Crippen molar-refractivity contribution in [3.05, 3.63) is 34.9 Å². The van der Waals surface area contributed by atoms with Gasteiger partial charge in [-0.3, -0.25) is 4.79 Å². The lowest BCUT2D eigenvalue weighted by atomic mass is 9.82. The molecule has 1 aromatic rings. The second-order valence-corrected chi connectivity index (χ2v) is 10.5. The summed E-state index contributed by atoms with van der Waals surface area (Å²) in [5.41, 5.74) is -2.81. The highest BCUT2D eigenvalue weighted by Crippen LogP contribution is 2.36. The molecule has 1 aromatic carbocycles. The van der Waals surface area contributed by atoms with E-state index in [1.54, 1.807) is 9.80 Å². The number of carbonyl (C=O) groups is 2. The minimum Gasteiger partial charge on any atom is -0.469 e. The fourth-order valence-corrected chi connectivity index (χ4v) is 5.65. The van der Waals surface area contributed by atoms with Crippen molar-refractivity contribution >= 4 is 12.0 Å². The van der Waals surface area contributed by atoms with Gasteiger partial charge in [-0.05, 0) is 75.1 Å². The van der Waals surface area contributed by atoms with E-state index in [2.05, 4.69) is 5.32 Å². The molecule has 39 heavy (non-hydrogen) atoms. The summed E-state index contributed by atoms with van der Waals surface area (Å²) in [6.07, 6.45) is -5.49. The second-order valence-electron chi connectivity index (χ2n) is 10.5. The number of ether oxygens (including phenoxy) is 1. The Labute approximate surface area is 225 Å². The number of esters is 1. The fraction of sp³-hybridized carbons (Fsp3) is 0.704. The summed E-state index contributed by atoms with van der Waals surface area (Å²) in [7, 11) is 1.38. The summed E-state index contributed by atoms with van der Waals surface area (Å²) in [5.74, 6) is -0.0240. The van der Waals surface area contributed by atoms with E-state index >= 15 is 0 Å². The minimum absolute atomic E-state index is 0.0913. The zero-order chi connectivity index (χ0) is 29.0. The largest absolute Gasteiger partial charge is 0.469 e. The van der Waals surface area contributed by atoms with Gasteiger partial charge in [-0.2, -0.15) is 26.3 Å². The number of hydrogen-bond acceptors (Lipinski definition) is 4. The maximum Gasteiger partial charge on any atom is 0.416 e. The van der Waals surface area contributed by atoms with E-state index in [4.69, 9.17) is 4.74 Å². The number of amides is 2. The van der Waals surface area contributed by atoms with Crippen LogP contribution in [0.1, 0.15) is 69.1 Å². The molecule has 3 rings (SSSR count). The highest BCUT2D eigenvalue weighted by Gasteiger charge is 2.39. The Balaban J connectivity index is 1.62. The lowest BCUT2D eigenvalue weighted by Crippen LogP contribution is -2.48. The number of rotatable bonds is 8. The first-order valence-electron chi connectivity index (χ1n) is 13.4. The van der Waals surface area contributed by atoms with E-state index in [1.807, 2.05) is 13.8 Å². The summed E-state index contributed by atoms with van der Waals surface area (Å²) in [6, 6.07) is 1.09. The Kier molecular flexibility index (Phi) is 10.2. The molecule has 220 valence electrons. The first-order valence-corrected chi connectivity index (χ1v) is 13.4. The van der Waals surface area contributed by atoms with Crippen LogP contribution in [-0.4, -0.2) is 60.6 Å². The third-order valence-electron chi connectivity index (χ3n) is 7.89. The van der Waals surface area contributed by atoms with Crippen molar-refractivity contribution in [3.8, 4) is 0 Å². The summed E-state index contributed by atoms with van der Waals surface area (Å²) < 4.78 is 84.1. The van der Waals surface area contributed by atoms with Gasteiger partial charge in [0.15, 0.2) is 0 Å². The summed E-state index contributed by atoms with van der Waals surface area (Å²) in [5, 5.41) is 3.07. The van der Waals surface area contributed by atoms with Gasteiger partial charge in [-0.1, -0.05) is 6.92 Å². The number of alkyl halides is 6. The molecule has 1 saturated carbocycles. The van der Waals surface area contributed by atoms with Crippen LogP contribution in [0.15, 0.2) is 18.2 Å². The lowest BCUT2D eigenvalue weighted by molar-refractivity contribution is -0.147. The van der Waals surface area contributed by atoms with Gasteiger partial charge in [-0.25, -0.2) is 4.79 Å². The normalized spacial score (nSPS) is 24.1. The second kappa shape index (κ2) is 12.8. The Morgan fingerprint density at radius 1 is 1.00 bits per heavy atom. The average molecular weight is 566 g/mol. The number of urea groups is 1. The molecule has 2 amide bonds. The van der Waals surface area contributed by atoms with Crippen molar-refractivity contribution in [2.24, 2.45) is 11.8 Å². The maximum absolute atomic E-state index is 13.5. The van der Waals surface area contributed by atoms with Crippen LogP contribution in [0, 0.1) is 11.8 Å². The number of nitrogens with one attached hydrogen (secondary N) is 1. The van der Waals surface area contributed by atoms with Crippen LogP contribution in [0.5, 0.6) is 0 Å². The van der Waals surface area contributed by atoms with Gasteiger partial charge in [-0.15, -0.1) is 0 Å². The van der Waals surface area contributed by atoms with Gasteiger partial charge >= 0.3 is 24.4 Å². The number of nitrogens with zero attached hydrogens (tertiary/aromatic N) is 2. The molecular weight excluding hydrogens is 528 g/mol. The zero-order valence-corrected chi connectivity index (χ0v) is 22.5. The summed E-state index contributed by atoms with van der Waals surface area (Å²) in [6.45, 7) is 5.05. The molecule has 2 atom stereocenters. The van der Waals surface area contributed by atoms with Gasteiger partial charge in [0.25, 0.3) is 0 Å². The highest BCUT2D eigenvalue weighted by molar-refractivity contribution is 5.75. The molecule has 2 fully saturated rings. The molecule has 1 heterocycles. The molecule has 0 spiro atoms. The number of likely N-dealkylation sites (tertiary alicyclic amines) is 1. The number of hydrogen-bond donors (Lipinski definition) is 1. The van der Waals surface area contributed by atoms with Crippen molar-refractivity contribution in [1.82, 2.24) is 15.1 Å². The third-order valence-corrected chi connectivity index (χ3v) is 7.89. The van der Waals surface area contributed by atoms with Crippen molar-refractivity contribution in [2.75, 3.05) is 26.7 Å². The number of halogens is 6. The molecule has 1 saturated heterocycles. The Bertz CT molecular complexity index is 960. The standard InChI is InChI=1S/C27H37F6N3O3/c1-4-23-13-22(34-14-18-10-20(26(28,29)30)12-21(11-18)27(31,32)33)16-36(23)25(38)35(5-2)15-17-6-8-19(9-7-17)24(37)39-3/h10-12,17,19,22-23,34H,4-9,13-16H2,1-3H3/t17?,19?,22-,23+/m0/s1. The van der Waals surface area contributed by atoms with E-state index in [0.717, 1.165) is 37.8 Å².